The number of halogens is 1. The summed E-state index contributed by atoms with van der Waals surface area (Å²) in [7, 11) is 1.44. The van der Waals surface area contributed by atoms with Crippen molar-refractivity contribution in [1.29, 1.82) is 0 Å². The molecular weight excluding hydrogens is 268 g/mol. The van der Waals surface area contributed by atoms with Crippen molar-refractivity contribution < 1.29 is 22.7 Å². The highest BCUT2D eigenvalue weighted by atomic mass is 35.7. The molecule has 1 heterocycles. The average Bonchev–Trinajstić information content (AvgIpc) is 2.59. The molecule has 0 aromatic heterocycles. The number of rotatable bonds is 2. The van der Waals surface area contributed by atoms with E-state index in [4.69, 9.17) is 20.2 Å². The van der Waals surface area contributed by atoms with Crippen molar-refractivity contribution in [2.45, 2.75) is 17.9 Å². The second-order valence-corrected chi connectivity index (χ2v) is 6.11. The first-order valence-electron chi connectivity index (χ1n) is 4.76. The van der Waals surface area contributed by atoms with Gasteiger partial charge in [0.05, 0.1) is 4.90 Å². The molecule has 5 nitrogen and oxygen atoms in total. The topological polar surface area (TPSA) is 69.7 Å². The summed E-state index contributed by atoms with van der Waals surface area (Å²) in [6, 6.07) is 4.20. The summed E-state index contributed by atoms with van der Waals surface area (Å²) < 4.78 is 32.6. The molecule has 2 rings (SSSR count). The number of benzene rings is 1. The second kappa shape index (κ2) is 4.19. The molecule has 1 aromatic rings. The lowest BCUT2D eigenvalue weighted by molar-refractivity contribution is -0.147. The van der Waals surface area contributed by atoms with Gasteiger partial charge in [0.25, 0.3) is 9.05 Å². The van der Waals surface area contributed by atoms with Crippen molar-refractivity contribution in [2.24, 2.45) is 0 Å². The van der Waals surface area contributed by atoms with Gasteiger partial charge in [-0.15, -0.1) is 0 Å². The number of esters is 1. The number of hydrogen-bond donors (Lipinski definition) is 0. The van der Waals surface area contributed by atoms with Crippen molar-refractivity contribution in [1.82, 2.24) is 0 Å². The number of hydrogen-bond acceptors (Lipinski definition) is 5. The quantitative estimate of drug-likeness (QED) is 0.606. The van der Waals surface area contributed by atoms with Gasteiger partial charge in [-0.25, -0.2) is 8.42 Å². The Morgan fingerprint density at radius 2 is 2.24 bits per heavy atom. The average molecular weight is 277 g/mol. The van der Waals surface area contributed by atoms with E-state index in [-0.39, 0.29) is 11.5 Å². The Labute approximate surface area is 103 Å². The molecule has 1 aromatic carbocycles. The van der Waals surface area contributed by atoms with Crippen molar-refractivity contribution in [3.63, 3.8) is 0 Å². The number of carbonyl (C=O) groups excluding carboxylic acids is 1. The van der Waals surface area contributed by atoms with Crippen LogP contribution in [0, 0.1) is 0 Å². The van der Waals surface area contributed by atoms with Crippen LogP contribution in [-0.2, 0) is 18.6 Å². The molecule has 0 radical (unpaired) electrons. The maximum Gasteiger partial charge on any atom is 0.303 e. The largest absolute Gasteiger partial charge is 0.489 e. The molecule has 0 bridgehead atoms. The Kier molecular flexibility index (Phi) is 3.01. The molecule has 17 heavy (non-hydrogen) atoms. The first-order valence-corrected chi connectivity index (χ1v) is 7.07. The van der Waals surface area contributed by atoms with Crippen LogP contribution in [0.3, 0.4) is 0 Å². The summed E-state index contributed by atoms with van der Waals surface area (Å²) in [6.07, 6.45) is -0.583. The van der Waals surface area contributed by atoms with Gasteiger partial charge >= 0.3 is 5.97 Å². The second-order valence-electron chi connectivity index (χ2n) is 3.55. The van der Waals surface area contributed by atoms with Crippen LogP contribution >= 0.6 is 10.7 Å². The van der Waals surface area contributed by atoms with E-state index in [1.54, 1.807) is 0 Å². The zero-order chi connectivity index (χ0) is 12.6. The van der Waals surface area contributed by atoms with Gasteiger partial charge in [0.15, 0.2) is 6.10 Å². The van der Waals surface area contributed by atoms with Crippen LogP contribution in [0.5, 0.6) is 5.75 Å². The Balaban J connectivity index is 2.40. The fraction of sp³-hybridized carbons (Fsp3) is 0.300. The first kappa shape index (κ1) is 12.2. The zero-order valence-electron chi connectivity index (χ0n) is 8.84. The normalized spacial score (nSPS) is 18.4. The summed E-state index contributed by atoms with van der Waals surface area (Å²) in [5.41, 5.74) is 0.516. The van der Waals surface area contributed by atoms with Gasteiger partial charge in [0.1, 0.15) is 12.4 Å². The van der Waals surface area contributed by atoms with Gasteiger partial charge in [-0.1, -0.05) is 0 Å². The molecule has 0 saturated carbocycles. The van der Waals surface area contributed by atoms with Crippen molar-refractivity contribution in [2.75, 3.05) is 6.61 Å². The zero-order valence-corrected chi connectivity index (χ0v) is 10.4. The van der Waals surface area contributed by atoms with Gasteiger partial charge in [-0.05, 0) is 18.2 Å². The van der Waals surface area contributed by atoms with E-state index in [2.05, 4.69) is 0 Å². The minimum atomic E-state index is -3.80. The van der Waals surface area contributed by atoms with Crippen LogP contribution in [0.2, 0.25) is 0 Å². The van der Waals surface area contributed by atoms with Crippen LogP contribution in [-0.4, -0.2) is 21.0 Å². The maximum absolute atomic E-state index is 11.2. The smallest absolute Gasteiger partial charge is 0.303 e. The highest BCUT2D eigenvalue weighted by Crippen LogP contribution is 2.36. The standard InChI is InChI=1S/C10H9ClO5S/c1-6(12)16-10-5-15-9-3-2-7(4-8(9)10)17(11,13)14/h2-4,10H,5H2,1H3. The van der Waals surface area contributed by atoms with Gasteiger partial charge in [-0.3, -0.25) is 4.79 Å². The third kappa shape index (κ3) is 2.53. The molecule has 1 unspecified atom stereocenters. The summed E-state index contributed by atoms with van der Waals surface area (Å²) in [5.74, 6) is 0.0471. The molecule has 1 atom stereocenters. The minimum Gasteiger partial charge on any atom is -0.489 e. The minimum absolute atomic E-state index is 0.0411. The summed E-state index contributed by atoms with van der Waals surface area (Å²) >= 11 is 0. The predicted octanol–water partition coefficient (Wildman–Crippen LogP) is 1.61. The van der Waals surface area contributed by atoms with Crippen molar-refractivity contribution >= 4 is 25.7 Å². The summed E-state index contributed by atoms with van der Waals surface area (Å²) in [5, 5.41) is 0. The van der Waals surface area contributed by atoms with E-state index in [1.165, 1.54) is 25.1 Å². The molecule has 0 spiro atoms. The van der Waals surface area contributed by atoms with Crippen molar-refractivity contribution in [3.8, 4) is 5.75 Å². The first-order chi connectivity index (χ1) is 7.88. The predicted molar refractivity (Wildman–Crippen MR) is 59.5 cm³/mol. The molecule has 92 valence electrons. The molecule has 0 N–H and O–H groups in total. The number of carbonyl (C=O) groups is 1. The lowest BCUT2D eigenvalue weighted by Crippen LogP contribution is -2.09. The van der Waals surface area contributed by atoms with E-state index in [0.29, 0.717) is 11.3 Å². The van der Waals surface area contributed by atoms with Crippen LogP contribution in [0.1, 0.15) is 18.6 Å². The van der Waals surface area contributed by atoms with Gasteiger partial charge in [0.2, 0.25) is 0 Å². The van der Waals surface area contributed by atoms with Crippen LogP contribution in [0.25, 0.3) is 0 Å². The van der Waals surface area contributed by atoms with E-state index < -0.39 is 21.1 Å². The molecule has 0 aliphatic carbocycles. The summed E-state index contributed by atoms with van der Waals surface area (Å²) in [6.45, 7) is 1.46. The van der Waals surface area contributed by atoms with Crippen LogP contribution in [0.15, 0.2) is 23.1 Å². The fourth-order valence-electron chi connectivity index (χ4n) is 1.61. The molecule has 1 aliphatic rings. The Morgan fingerprint density at radius 3 is 2.82 bits per heavy atom. The van der Waals surface area contributed by atoms with Gasteiger partial charge < -0.3 is 9.47 Å². The Morgan fingerprint density at radius 1 is 1.53 bits per heavy atom. The Hall–Kier alpha value is -1.27. The lowest BCUT2D eigenvalue weighted by atomic mass is 10.1. The van der Waals surface area contributed by atoms with E-state index in [1.807, 2.05) is 0 Å². The van der Waals surface area contributed by atoms with E-state index in [9.17, 15) is 13.2 Å². The van der Waals surface area contributed by atoms with Gasteiger partial charge in [-0.2, -0.15) is 0 Å². The third-order valence-electron chi connectivity index (χ3n) is 2.31. The molecule has 1 aliphatic heterocycles. The highest BCUT2D eigenvalue weighted by molar-refractivity contribution is 8.13. The molecule has 0 saturated heterocycles. The molecular formula is C10H9ClO5S. The van der Waals surface area contributed by atoms with Crippen LogP contribution < -0.4 is 4.74 Å². The Bertz CT molecular complexity index is 566. The lowest BCUT2D eigenvalue weighted by Gasteiger charge is -2.09. The van der Waals surface area contributed by atoms with Crippen molar-refractivity contribution in [3.05, 3.63) is 23.8 Å². The summed E-state index contributed by atoms with van der Waals surface area (Å²) in [4.78, 5) is 10.8. The number of ether oxygens (including phenoxy) is 2. The van der Waals surface area contributed by atoms with E-state index >= 15 is 0 Å². The number of fused-ring (bicyclic) bond motifs is 1. The SMILES string of the molecule is CC(=O)OC1COc2ccc(S(=O)(=O)Cl)cc21. The van der Waals surface area contributed by atoms with Gasteiger partial charge in [0, 0.05) is 23.2 Å². The molecule has 0 fully saturated rings. The molecule has 7 heteroatoms. The van der Waals surface area contributed by atoms with E-state index in [0.717, 1.165) is 0 Å². The monoisotopic (exact) mass is 276 g/mol. The highest BCUT2D eigenvalue weighted by Gasteiger charge is 2.28. The molecule has 0 amide bonds. The fourth-order valence-corrected chi connectivity index (χ4v) is 2.40. The van der Waals surface area contributed by atoms with Crippen LogP contribution in [0.4, 0.5) is 0 Å². The third-order valence-corrected chi connectivity index (χ3v) is 3.66. The maximum atomic E-state index is 11.2.